The Morgan fingerprint density at radius 1 is 0.500 bits per heavy atom. The van der Waals surface area contributed by atoms with Gasteiger partial charge in [-0.2, -0.15) is 0 Å². The van der Waals surface area contributed by atoms with Crippen molar-refractivity contribution in [3.05, 3.63) is 36.8 Å². The van der Waals surface area contributed by atoms with E-state index >= 15 is 0 Å². The molecule has 0 aliphatic rings. The van der Waals surface area contributed by atoms with Crippen molar-refractivity contribution in [1.29, 1.82) is 0 Å². The maximum atomic E-state index is 2.31. The molecule has 0 fully saturated rings. The fraction of sp³-hybridized carbons (Fsp3) is 0.714. The molecule has 0 heterocycles. The van der Waals surface area contributed by atoms with Crippen LogP contribution in [-0.4, -0.2) is 4.90 Å². The zero-order valence-corrected chi connectivity index (χ0v) is 15.4. The minimum atomic E-state index is 1.19. The summed E-state index contributed by atoms with van der Waals surface area (Å²) >= 11 is 0. The Balaban J connectivity index is 4.17. The second-order valence-electron chi connectivity index (χ2n) is 6.09. The van der Waals surface area contributed by atoms with Crippen LogP contribution in [0.4, 0.5) is 0 Å². The SMILES string of the molecule is CCCCCC=CN(C=CCCCCC)C=CCCCCC. The lowest BCUT2D eigenvalue weighted by Gasteiger charge is -2.09. The van der Waals surface area contributed by atoms with E-state index in [-0.39, 0.29) is 0 Å². The summed E-state index contributed by atoms with van der Waals surface area (Å²) < 4.78 is 0. The maximum Gasteiger partial charge on any atom is 0.00417 e. The van der Waals surface area contributed by atoms with Crippen LogP contribution in [0.2, 0.25) is 0 Å². The van der Waals surface area contributed by atoms with Gasteiger partial charge in [0.05, 0.1) is 0 Å². The highest BCUT2D eigenvalue weighted by Gasteiger charge is 1.89. The Bertz CT molecular complexity index is 241. The molecule has 1 nitrogen and oxygen atoms in total. The Kier molecular flexibility index (Phi) is 17.3. The lowest BCUT2D eigenvalue weighted by molar-refractivity contribution is 0.656. The molecule has 0 aromatic carbocycles. The van der Waals surface area contributed by atoms with Gasteiger partial charge in [-0.3, -0.25) is 0 Å². The van der Waals surface area contributed by atoms with Gasteiger partial charge in [0, 0.05) is 18.6 Å². The largest absolute Gasteiger partial charge is 0.332 e. The topological polar surface area (TPSA) is 3.24 Å². The molecule has 0 aliphatic carbocycles. The molecule has 0 radical (unpaired) electrons. The van der Waals surface area contributed by atoms with Crippen molar-refractivity contribution in [2.75, 3.05) is 0 Å². The summed E-state index contributed by atoms with van der Waals surface area (Å²) in [6.07, 6.45) is 29.0. The van der Waals surface area contributed by atoms with Crippen LogP contribution >= 0.6 is 0 Å². The van der Waals surface area contributed by atoms with E-state index in [9.17, 15) is 0 Å². The lowest BCUT2D eigenvalue weighted by atomic mass is 10.2. The van der Waals surface area contributed by atoms with Crippen LogP contribution < -0.4 is 0 Å². The zero-order chi connectivity index (χ0) is 16.3. The first-order valence-electron chi connectivity index (χ1n) is 9.62. The molecule has 0 unspecified atom stereocenters. The van der Waals surface area contributed by atoms with E-state index in [0.29, 0.717) is 0 Å². The average Bonchev–Trinajstić information content (AvgIpc) is 2.53. The number of unbranched alkanes of at least 4 members (excludes halogenated alkanes) is 9. The van der Waals surface area contributed by atoms with Gasteiger partial charge in [0.2, 0.25) is 0 Å². The van der Waals surface area contributed by atoms with Crippen LogP contribution in [0.25, 0.3) is 0 Å². The Labute approximate surface area is 140 Å². The third kappa shape index (κ3) is 15.4. The van der Waals surface area contributed by atoms with Gasteiger partial charge in [0.15, 0.2) is 0 Å². The van der Waals surface area contributed by atoms with Gasteiger partial charge in [-0.1, -0.05) is 77.5 Å². The third-order valence-electron chi connectivity index (χ3n) is 3.76. The highest BCUT2D eigenvalue weighted by atomic mass is 15.1. The number of rotatable bonds is 15. The van der Waals surface area contributed by atoms with Crippen molar-refractivity contribution in [3.63, 3.8) is 0 Å². The Morgan fingerprint density at radius 2 is 0.818 bits per heavy atom. The highest BCUT2D eigenvalue weighted by molar-refractivity contribution is 4.99. The molecular weight excluding hydrogens is 266 g/mol. The average molecular weight is 306 g/mol. The minimum absolute atomic E-state index is 1.19. The van der Waals surface area contributed by atoms with Gasteiger partial charge in [0.1, 0.15) is 0 Å². The predicted octanol–water partition coefficient (Wildman–Crippen LogP) is 7.57. The van der Waals surface area contributed by atoms with Gasteiger partial charge in [-0.05, 0) is 38.5 Å². The summed E-state index contributed by atoms with van der Waals surface area (Å²) in [5.74, 6) is 0. The summed E-state index contributed by atoms with van der Waals surface area (Å²) in [6, 6.07) is 0. The summed E-state index contributed by atoms with van der Waals surface area (Å²) in [5, 5.41) is 0. The summed E-state index contributed by atoms with van der Waals surface area (Å²) in [7, 11) is 0. The fourth-order valence-electron chi connectivity index (χ4n) is 2.27. The first-order chi connectivity index (χ1) is 10.8. The molecule has 0 saturated heterocycles. The van der Waals surface area contributed by atoms with E-state index in [1.54, 1.807) is 0 Å². The lowest BCUT2D eigenvalue weighted by Crippen LogP contribution is -1.99. The van der Waals surface area contributed by atoms with E-state index < -0.39 is 0 Å². The van der Waals surface area contributed by atoms with Gasteiger partial charge in [0.25, 0.3) is 0 Å². The normalized spacial score (nSPS) is 12.1. The van der Waals surface area contributed by atoms with Crippen LogP contribution in [0.5, 0.6) is 0 Å². The first kappa shape index (κ1) is 21.0. The van der Waals surface area contributed by atoms with Crippen LogP contribution in [0.15, 0.2) is 36.8 Å². The summed E-state index contributed by atoms with van der Waals surface area (Å²) in [4.78, 5) is 2.23. The Morgan fingerprint density at radius 3 is 1.09 bits per heavy atom. The van der Waals surface area contributed by atoms with E-state index in [2.05, 4.69) is 62.5 Å². The molecule has 128 valence electrons. The molecule has 0 bridgehead atoms. The third-order valence-corrected chi connectivity index (χ3v) is 3.76. The molecule has 0 spiro atoms. The van der Waals surface area contributed by atoms with Crippen LogP contribution in [-0.2, 0) is 0 Å². The molecule has 22 heavy (non-hydrogen) atoms. The van der Waals surface area contributed by atoms with E-state index in [0.717, 1.165) is 0 Å². The summed E-state index contributed by atoms with van der Waals surface area (Å²) in [6.45, 7) is 6.77. The van der Waals surface area contributed by atoms with Crippen molar-refractivity contribution in [2.24, 2.45) is 0 Å². The highest BCUT2D eigenvalue weighted by Crippen LogP contribution is 2.06. The second-order valence-corrected chi connectivity index (χ2v) is 6.09. The Hall–Kier alpha value is -0.980. The zero-order valence-electron chi connectivity index (χ0n) is 15.4. The molecule has 0 aromatic heterocycles. The van der Waals surface area contributed by atoms with Gasteiger partial charge in [-0.15, -0.1) is 0 Å². The minimum Gasteiger partial charge on any atom is -0.332 e. The van der Waals surface area contributed by atoms with Crippen molar-refractivity contribution >= 4 is 0 Å². The molecule has 0 atom stereocenters. The van der Waals surface area contributed by atoms with Crippen molar-refractivity contribution in [1.82, 2.24) is 4.90 Å². The molecule has 0 aromatic rings. The predicted molar refractivity (Wildman–Crippen MR) is 102 cm³/mol. The number of allylic oxidation sites excluding steroid dienone is 3. The molecule has 0 N–H and O–H groups in total. The molecule has 0 aliphatic heterocycles. The summed E-state index contributed by atoms with van der Waals surface area (Å²) in [5.41, 5.74) is 0. The van der Waals surface area contributed by atoms with Crippen molar-refractivity contribution in [2.45, 2.75) is 97.8 Å². The number of nitrogens with zero attached hydrogens (tertiary/aromatic N) is 1. The van der Waals surface area contributed by atoms with Crippen LogP contribution in [0.3, 0.4) is 0 Å². The second kappa shape index (κ2) is 18.1. The maximum absolute atomic E-state index is 2.31. The molecular formula is C21H39N. The smallest absolute Gasteiger partial charge is 0.00417 e. The van der Waals surface area contributed by atoms with E-state index in [1.165, 1.54) is 77.0 Å². The van der Waals surface area contributed by atoms with Gasteiger partial charge in [-0.25, -0.2) is 0 Å². The van der Waals surface area contributed by atoms with Crippen molar-refractivity contribution < 1.29 is 0 Å². The molecule has 0 amide bonds. The van der Waals surface area contributed by atoms with E-state index in [4.69, 9.17) is 0 Å². The number of hydrogen-bond donors (Lipinski definition) is 0. The van der Waals surface area contributed by atoms with Gasteiger partial charge >= 0.3 is 0 Å². The monoisotopic (exact) mass is 305 g/mol. The van der Waals surface area contributed by atoms with Crippen LogP contribution in [0, 0.1) is 0 Å². The van der Waals surface area contributed by atoms with E-state index in [1.807, 2.05) is 0 Å². The standard InChI is InChI=1S/C21H39N/c1-4-7-10-13-16-19-22(20-17-14-11-8-5-2)21-18-15-12-9-6-3/h16-21H,4-15H2,1-3H3. The van der Waals surface area contributed by atoms with Crippen molar-refractivity contribution in [3.8, 4) is 0 Å². The number of hydrogen-bond acceptors (Lipinski definition) is 1. The van der Waals surface area contributed by atoms with Crippen LogP contribution in [0.1, 0.15) is 97.8 Å². The van der Waals surface area contributed by atoms with Gasteiger partial charge < -0.3 is 4.90 Å². The quantitative estimate of drug-likeness (QED) is 0.282. The molecule has 1 heteroatoms. The fourth-order valence-corrected chi connectivity index (χ4v) is 2.27. The molecule has 0 saturated carbocycles. The first-order valence-corrected chi connectivity index (χ1v) is 9.62. The molecule has 0 rings (SSSR count).